The minimum Gasteiger partial charge on any atom is -0.348 e. The number of allylic oxidation sites excluding steroid dienone is 1. The molecule has 0 spiro atoms. The second-order valence-electron chi connectivity index (χ2n) is 9.19. The Labute approximate surface area is 169 Å². The lowest BCUT2D eigenvalue weighted by Gasteiger charge is -2.45. The fourth-order valence-electron chi connectivity index (χ4n) is 3.43. The molecule has 26 heavy (non-hydrogen) atoms. The van der Waals surface area contributed by atoms with Crippen LogP contribution in [0.1, 0.15) is 54.0 Å². The summed E-state index contributed by atoms with van der Waals surface area (Å²) in [5, 5.41) is 0. The first kappa shape index (κ1) is 24.8. The van der Waals surface area contributed by atoms with Crippen LogP contribution in [0, 0.1) is 22.7 Å². The van der Waals surface area contributed by atoms with E-state index in [1.165, 1.54) is 16.9 Å². The average Bonchev–Trinajstić information content (AvgIpc) is 2.55. The fraction of sp³-hybridized carbons (Fsp3) is 0.583. The van der Waals surface area contributed by atoms with Gasteiger partial charge in [-0.15, -0.1) is 13.2 Å². The average molecular weight is 376 g/mol. The first-order valence-electron chi connectivity index (χ1n) is 9.52. The van der Waals surface area contributed by atoms with Gasteiger partial charge in [-0.05, 0) is 46.6 Å². The van der Waals surface area contributed by atoms with E-state index in [2.05, 4.69) is 117 Å². The minimum atomic E-state index is 0.171. The summed E-state index contributed by atoms with van der Waals surface area (Å²) in [4.78, 5) is 2.27. The summed E-state index contributed by atoms with van der Waals surface area (Å²) in [7, 11) is 2.14. The van der Waals surface area contributed by atoms with Crippen LogP contribution >= 0.6 is 12.6 Å². The zero-order valence-electron chi connectivity index (χ0n) is 18.4. The summed E-state index contributed by atoms with van der Waals surface area (Å²) in [5.74, 6) is 1.84. The molecule has 1 aromatic carbocycles. The summed E-state index contributed by atoms with van der Waals surface area (Å²) in [6.45, 7) is 26.8. The molecule has 0 amide bonds. The highest BCUT2D eigenvalue weighted by Gasteiger charge is 2.38. The summed E-state index contributed by atoms with van der Waals surface area (Å²) < 4.78 is 0. The van der Waals surface area contributed by atoms with E-state index in [9.17, 15) is 0 Å². The summed E-state index contributed by atoms with van der Waals surface area (Å²) >= 11 is 4.31. The highest BCUT2D eigenvalue weighted by Crippen LogP contribution is 2.45. The predicted octanol–water partition coefficient (Wildman–Crippen LogP) is 7.26. The first-order valence-corrected chi connectivity index (χ1v) is 10.1. The monoisotopic (exact) mass is 375 g/mol. The maximum atomic E-state index is 4.50. The standard InChI is InChI=1S/C22H37NS.C2H4/c1-16(21(3,4)5)20(22(6,7)8)17(2)23(9)19-12-10-18(11-13-19)14-15-24;1-2/h10-13,16,20,24H,2,14-15H2,1,3-9H3;1-2H2. The summed E-state index contributed by atoms with van der Waals surface area (Å²) in [6, 6.07) is 8.81. The van der Waals surface area contributed by atoms with Crippen LogP contribution < -0.4 is 4.90 Å². The van der Waals surface area contributed by atoms with E-state index in [0.717, 1.165) is 12.2 Å². The second-order valence-corrected chi connectivity index (χ2v) is 9.64. The fourth-order valence-corrected chi connectivity index (χ4v) is 3.69. The molecule has 0 heterocycles. The zero-order chi connectivity index (χ0) is 20.7. The van der Waals surface area contributed by atoms with Crippen LogP contribution in [0.15, 0.2) is 49.7 Å². The number of thiol groups is 1. The van der Waals surface area contributed by atoms with Crippen molar-refractivity contribution in [3.63, 3.8) is 0 Å². The molecule has 0 saturated heterocycles. The SMILES string of the molecule is C=C.C=C(C(C(C)C(C)(C)C)C(C)(C)C)N(C)c1ccc(CCS)cc1. The Kier molecular flexibility index (Phi) is 9.80. The number of nitrogens with zero attached hydrogens (tertiary/aromatic N) is 1. The van der Waals surface area contributed by atoms with E-state index < -0.39 is 0 Å². The van der Waals surface area contributed by atoms with Crippen molar-refractivity contribution < 1.29 is 0 Å². The number of hydrogen-bond acceptors (Lipinski definition) is 2. The van der Waals surface area contributed by atoms with E-state index >= 15 is 0 Å². The largest absolute Gasteiger partial charge is 0.348 e. The van der Waals surface area contributed by atoms with Crippen LogP contribution in [-0.2, 0) is 6.42 Å². The van der Waals surface area contributed by atoms with E-state index in [0.29, 0.717) is 11.8 Å². The normalized spacial score (nSPS) is 14.0. The van der Waals surface area contributed by atoms with Crippen molar-refractivity contribution >= 4 is 18.3 Å². The topological polar surface area (TPSA) is 3.24 Å². The molecule has 2 heteroatoms. The van der Waals surface area contributed by atoms with Gasteiger partial charge in [0, 0.05) is 24.4 Å². The molecule has 0 aliphatic heterocycles. The van der Waals surface area contributed by atoms with Crippen molar-refractivity contribution in [2.45, 2.75) is 54.9 Å². The lowest BCUT2D eigenvalue weighted by molar-refractivity contribution is 0.111. The van der Waals surface area contributed by atoms with Crippen LogP contribution in [-0.4, -0.2) is 12.8 Å². The van der Waals surface area contributed by atoms with Crippen molar-refractivity contribution in [2.75, 3.05) is 17.7 Å². The molecular formula is C24H41NS. The predicted molar refractivity (Wildman–Crippen MR) is 124 cm³/mol. The number of anilines is 1. The molecular weight excluding hydrogens is 334 g/mol. The Balaban J connectivity index is 0.00000301. The van der Waals surface area contributed by atoms with Gasteiger partial charge in [0.1, 0.15) is 0 Å². The third-order valence-corrected chi connectivity index (χ3v) is 5.54. The van der Waals surface area contributed by atoms with Crippen molar-refractivity contribution in [3.8, 4) is 0 Å². The maximum Gasteiger partial charge on any atom is 0.0405 e. The molecule has 1 rings (SSSR count). The molecule has 2 unspecified atom stereocenters. The van der Waals surface area contributed by atoms with Crippen molar-refractivity contribution in [2.24, 2.45) is 22.7 Å². The Morgan fingerprint density at radius 1 is 1.00 bits per heavy atom. The Morgan fingerprint density at radius 3 is 1.81 bits per heavy atom. The number of benzene rings is 1. The molecule has 0 bridgehead atoms. The van der Waals surface area contributed by atoms with Gasteiger partial charge >= 0.3 is 0 Å². The van der Waals surface area contributed by atoms with Crippen molar-refractivity contribution in [1.82, 2.24) is 0 Å². The molecule has 0 fully saturated rings. The van der Waals surface area contributed by atoms with Gasteiger partial charge < -0.3 is 4.90 Å². The van der Waals surface area contributed by atoms with Gasteiger partial charge in [0.25, 0.3) is 0 Å². The maximum absolute atomic E-state index is 4.50. The third-order valence-electron chi connectivity index (χ3n) is 5.31. The third kappa shape index (κ3) is 6.87. The van der Waals surface area contributed by atoms with Crippen molar-refractivity contribution in [1.29, 1.82) is 0 Å². The van der Waals surface area contributed by atoms with Crippen LogP contribution in [0.25, 0.3) is 0 Å². The van der Waals surface area contributed by atoms with Crippen LogP contribution in [0.3, 0.4) is 0 Å². The lowest BCUT2D eigenvalue weighted by atomic mass is 9.64. The number of hydrogen-bond donors (Lipinski definition) is 1. The van der Waals surface area contributed by atoms with Gasteiger partial charge in [-0.2, -0.15) is 12.6 Å². The molecule has 0 N–H and O–H groups in total. The molecule has 0 saturated carbocycles. The Morgan fingerprint density at radius 2 is 1.46 bits per heavy atom. The van der Waals surface area contributed by atoms with Crippen molar-refractivity contribution in [3.05, 3.63) is 55.3 Å². The first-order chi connectivity index (χ1) is 11.9. The quantitative estimate of drug-likeness (QED) is 0.404. The second kappa shape index (κ2) is 10.3. The summed E-state index contributed by atoms with van der Waals surface area (Å²) in [6.07, 6.45) is 1.01. The highest BCUT2D eigenvalue weighted by atomic mass is 32.1. The van der Waals surface area contributed by atoms with Crippen LogP contribution in [0.2, 0.25) is 0 Å². The van der Waals surface area contributed by atoms with Gasteiger partial charge in [-0.3, -0.25) is 0 Å². The molecule has 148 valence electrons. The Bertz CT molecular complexity index is 545. The van der Waals surface area contributed by atoms with E-state index in [1.54, 1.807) is 0 Å². The molecule has 0 aromatic heterocycles. The van der Waals surface area contributed by atoms with Gasteiger partial charge in [0.05, 0.1) is 0 Å². The van der Waals surface area contributed by atoms with E-state index in [-0.39, 0.29) is 10.8 Å². The molecule has 2 atom stereocenters. The van der Waals surface area contributed by atoms with Gasteiger partial charge in [0.2, 0.25) is 0 Å². The minimum absolute atomic E-state index is 0.171. The van der Waals surface area contributed by atoms with E-state index in [4.69, 9.17) is 0 Å². The van der Waals surface area contributed by atoms with Gasteiger partial charge in [-0.1, -0.05) is 67.2 Å². The molecule has 1 nitrogen and oxygen atoms in total. The van der Waals surface area contributed by atoms with Gasteiger partial charge in [0.15, 0.2) is 0 Å². The molecule has 0 radical (unpaired) electrons. The molecule has 0 aliphatic carbocycles. The summed E-state index contributed by atoms with van der Waals surface area (Å²) in [5.41, 5.74) is 4.16. The van der Waals surface area contributed by atoms with Gasteiger partial charge in [-0.25, -0.2) is 0 Å². The lowest BCUT2D eigenvalue weighted by Crippen LogP contribution is -2.39. The Hall–Kier alpha value is -1.15. The smallest absolute Gasteiger partial charge is 0.0405 e. The zero-order valence-corrected chi connectivity index (χ0v) is 19.3. The number of aryl methyl sites for hydroxylation is 1. The van der Waals surface area contributed by atoms with Crippen LogP contribution in [0.5, 0.6) is 0 Å². The highest BCUT2D eigenvalue weighted by molar-refractivity contribution is 7.80. The van der Waals surface area contributed by atoms with Crippen LogP contribution in [0.4, 0.5) is 5.69 Å². The van der Waals surface area contributed by atoms with E-state index in [1.807, 2.05) is 0 Å². The molecule has 0 aliphatic rings. The number of rotatable bonds is 6. The molecule has 1 aromatic rings.